The number of rotatable bonds is 6. The number of nitriles is 1. The van der Waals surface area contributed by atoms with Crippen LogP contribution in [0.15, 0.2) is 47.4 Å². The third-order valence-electron chi connectivity index (χ3n) is 6.04. The van der Waals surface area contributed by atoms with Crippen LogP contribution in [-0.4, -0.2) is 41.3 Å². The molecule has 0 radical (unpaired) electrons. The quantitative estimate of drug-likeness (QED) is 0.384. The summed E-state index contributed by atoms with van der Waals surface area (Å²) in [5.74, 6) is 0.837. The van der Waals surface area contributed by atoms with Gasteiger partial charge in [-0.2, -0.15) is 9.57 Å². The molecule has 0 amide bonds. The lowest BCUT2D eigenvalue weighted by molar-refractivity contribution is -0.0328. The summed E-state index contributed by atoms with van der Waals surface area (Å²) >= 11 is 6.02. The molecule has 8 nitrogen and oxygen atoms in total. The second-order valence-corrected chi connectivity index (χ2v) is 10.0. The van der Waals surface area contributed by atoms with Crippen LogP contribution in [0.25, 0.3) is 0 Å². The van der Waals surface area contributed by atoms with Crippen LogP contribution < -0.4 is 10.2 Å². The van der Waals surface area contributed by atoms with Gasteiger partial charge in [0.1, 0.15) is 23.1 Å². The van der Waals surface area contributed by atoms with Crippen LogP contribution in [0.1, 0.15) is 31.2 Å². The van der Waals surface area contributed by atoms with Gasteiger partial charge in [0.05, 0.1) is 16.0 Å². The first-order chi connectivity index (χ1) is 14.9. The van der Waals surface area contributed by atoms with Crippen molar-refractivity contribution in [3.05, 3.63) is 53.1 Å². The van der Waals surface area contributed by atoms with Crippen LogP contribution in [0, 0.1) is 17.2 Å². The molecule has 1 unspecified atom stereocenters. The number of fused-ring (bicyclic) bond motifs is 1. The maximum atomic E-state index is 13.4. The fraction of sp³-hybridized carbons (Fsp3) is 0.381. The maximum Gasteiger partial charge on any atom is 0.243 e. The van der Waals surface area contributed by atoms with Crippen molar-refractivity contribution in [3.8, 4) is 17.6 Å². The zero-order valence-corrected chi connectivity index (χ0v) is 18.1. The summed E-state index contributed by atoms with van der Waals surface area (Å²) in [4.78, 5) is 0.0844. The molecule has 0 bridgehead atoms. The summed E-state index contributed by atoms with van der Waals surface area (Å²) in [6.07, 6.45) is 1.90. The minimum atomic E-state index is -3.89. The molecule has 2 aromatic rings. The molecule has 0 aromatic heterocycles. The lowest BCUT2D eigenvalue weighted by Crippen LogP contribution is -2.50. The molecular formula is C21H23ClN3O5S+. The lowest BCUT2D eigenvalue weighted by Gasteiger charge is -2.30. The molecule has 1 saturated carbocycles. The highest BCUT2D eigenvalue weighted by atomic mass is 35.5. The Kier molecular flexibility index (Phi) is 6.21. The van der Waals surface area contributed by atoms with Gasteiger partial charge in [0.15, 0.2) is 6.23 Å². The van der Waals surface area contributed by atoms with E-state index in [1.165, 1.54) is 28.6 Å². The van der Waals surface area contributed by atoms with E-state index in [-0.39, 0.29) is 33.2 Å². The predicted octanol–water partition coefficient (Wildman–Crippen LogP) is 2.48. The first kappa shape index (κ1) is 22.0. The number of sulfonamides is 1. The summed E-state index contributed by atoms with van der Waals surface area (Å²) < 4.78 is 34.0. The van der Waals surface area contributed by atoms with Crippen molar-refractivity contribution in [3.63, 3.8) is 0 Å². The van der Waals surface area contributed by atoms with Crippen LogP contribution in [-0.2, 0) is 10.0 Å². The number of aliphatic hydroxyl groups excluding tert-OH is 1. The molecule has 1 aliphatic carbocycles. The minimum absolute atomic E-state index is 0.0844. The molecule has 0 spiro atoms. The Balaban J connectivity index is 1.61. The maximum absolute atomic E-state index is 13.4. The summed E-state index contributed by atoms with van der Waals surface area (Å²) in [5, 5.41) is 27.1. The van der Waals surface area contributed by atoms with Gasteiger partial charge < -0.3 is 15.1 Å². The summed E-state index contributed by atoms with van der Waals surface area (Å²) in [7, 11) is -3.89. The van der Waals surface area contributed by atoms with Gasteiger partial charge in [0.25, 0.3) is 0 Å². The topological polar surface area (TPSA) is 126 Å². The number of hydroxylamine groups is 1. The normalized spacial score (nSPS) is 24.5. The fourth-order valence-electron chi connectivity index (χ4n) is 4.63. The molecule has 10 heteroatoms. The van der Waals surface area contributed by atoms with E-state index in [0.717, 1.165) is 19.3 Å². The van der Waals surface area contributed by atoms with E-state index in [9.17, 15) is 18.8 Å². The Morgan fingerprint density at radius 3 is 2.68 bits per heavy atom. The van der Waals surface area contributed by atoms with Gasteiger partial charge in [0.2, 0.25) is 10.0 Å². The van der Waals surface area contributed by atoms with Crippen molar-refractivity contribution in [1.29, 1.82) is 5.26 Å². The number of aliphatic hydroxyl groups is 1. The van der Waals surface area contributed by atoms with Crippen LogP contribution >= 0.6 is 11.6 Å². The zero-order valence-electron chi connectivity index (χ0n) is 16.5. The number of ether oxygens (including phenoxy) is 1. The molecule has 2 aromatic carbocycles. The number of halogens is 1. The largest absolute Gasteiger partial charge is 0.456 e. The SMILES string of the molecule is N#Cc1c(Cl)cccc1Oc1ccc(S(=O)(=O)N2[C@@H](C(O)N[OH2+])C[C@H]3CCC[C@H]32)cc1. The second-order valence-electron chi connectivity index (χ2n) is 7.78. The number of hydrogen-bond acceptors (Lipinski definition) is 6. The van der Waals surface area contributed by atoms with Gasteiger partial charge in [-0.1, -0.05) is 29.6 Å². The third kappa shape index (κ3) is 4.03. The molecule has 4 rings (SSSR count). The van der Waals surface area contributed by atoms with E-state index < -0.39 is 22.3 Å². The van der Waals surface area contributed by atoms with Crippen molar-refractivity contribution in [2.24, 2.45) is 5.92 Å². The van der Waals surface area contributed by atoms with Crippen LogP contribution in [0.4, 0.5) is 0 Å². The standard InChI is InChI=1S/C21H22ClN3O5S/c22-17-4-2-6-20(16(17)12-23)30-14-7-9-15(10-8-14)31(28,29)25-18-5-1-3-13(18)11-19(25)21(26)24-27/h2,4,6-10,13,18-19,21,24,26-27H,1,3,5,11H2/p+1/t13-,18-,19-,21?/m1/s1. The smallest absolute Gasteiger partial charge is 0.243 e. The van der Waals surface area contributed by atoms with Crippen molar-refractivity contribution in [2.45, 2.75) is 48.9 Å². The highest BCUT2D eigenvalue weighted by molar-refractivity contribution is 7.89. The molecule has 4 atom stereocenters. The summed E-state index contributed by atoms with van der Waals surface area (Å²) in [6.45, 7) is 0. The highest BCUT2D eigenvalue weighted by Gasteiger charge is 2.52. The number of nitrogens with zero attached hydrogens (tertiary/aromatic N) is 2. The minimum Gasteiger partial charge on any atom is -0.456 e. The van der Waals surface area contributed by atoms with E-state index in [4.69, 9.17) is 21.5 Å². The first-order valence-corrected chi connectivity index (χ1v) is 11.8. The van der Waals surface area contributed by atoms with E-state index >= 15 is 0 Å². The van der Waals surface area contributed by atoms with Gasteiger partial charge in [-0.05, 0) is 61.6 Å². The lowest BCUT2D eigenvalue weighted by atomic mass is 10.0. The monoisotopic (exact) mass is 464 g/mol. The third-order valence-corrected chi connectivity index (χ3v) is 8.32. The Morgan fingerprint density at radius 2 is 2.00 bits per heavy atom. The highest BCUT2D eigenvalue weighted by Crippen LogP contribution is 2.45. The fourth-order valence-corrected chi connectivity index (χ4v) is 6.76. The van der Waals surface area contributed by atoms with Crippen molar-refractivity contribution in [2.75, 3.05) is 0 Å². The molecule has 1 aliphatic heterocycles. The summed E-state index contributed by atoms with van der Waals surface area (Å²) in [5.41, 5.74) is 2.24. The van der Waals surface area contributed by atoms with Gasteiger partial charge >= 0.3 is 0 Å². The van der Waals surface area contributed by atoms with Crippen LogP contribution in [0.3, 0.4) is 0 Å². The molecule has 1 saturated heterocycles. The molecule has 1 heterocycles. The van der Waals surface area contributed by atoms with Crippen molar-refractivity contribution >= 4 is 21.6 Å². The van der Waals surface area contributed by atoms with E-state index in [1.54, 1.807) is 18.2 Å². The zero-order chi connectivity index (χ0) is 22.2. The molecule has 31 heavy (non-hydrogen) atoms. The Bertz CT molecular complexity index is 1100. The molecule has 4 N–H and O–H groups in total. The number of benzene rings is 2. The van der Waals surface area contributed by atoms with E-state index in [0.29, 0.717) is 12.2 Å². The van der Waals surface area contributed by atoms with Gasteiger partial charge in [-0.3, -0.25) is 0 Å². The van der Waals surface area contributed by atoms with Crippen molar-refractivity contribution < 1.29 is 23.5 Å². The predicted molar refractivity (Wildman–Crippen MR) is 114 cm³/mol. The number of hydrogen-bond donors (Lipinski definition) is 2. The first-order valence-electron chi connectivity index (χ1n) is 9.97. The van der Waals surface area contributed by atoms with Gasteiger partial charge in [-0.25, -0.2) is 8.42 Å². The average molecular weight is 465 g/mol. The molecule has 164 valence electrons. The van der Waals surface area contributed by atoms with E-state index in [2.05, 4.69) is 0 Å². The van der Waals surface area contributed by atoms with Crippen LogP contribution in [0.5, 0.6) is 11.5 Å². The summed E-state index contributed by atoms with van der Waals surface area (Å²) in [6, 6.07) is 11.9. The van der Waals surface area contributed by atoms with E-state index in [1.807, 2.05) is 11.5 Å². The second kappa shape index (κ2) is 8.74. The number of nitrogens with one attached hydrogen (secondary N) is 1. The molecule has 2 fully saturated rings. The Labute approximate surface area is 185 Å². The molecule has 2 aliphatic rings. The van der Waals surface area contributed by atoms with Crippen LogP contribution in [0.2, 0.25) is 5.02 Å². The Hall–Kier alpha value is -2.19. The molecular weight excluding hydrogens is 442 g/mol. The Morgan fingerprint density at radius 1 is 1.26 bits per heavy atom. The van der Waals surface area contributed by atoms with Gasteiger partial charge in [0, 0.05) is 6.04 Å². The van der Waals surface area contributed by atoms with Gasteiger partial charge in [-0.15, -0.1) is 0 Å². The average Bonchev–Trinajstić information content (AvgIpc) is 3.35. The van der Waals surface area contributed by atoms with Crippen molar-refractivity contribution in [1.82, 2.24) is 9.79 Å².